The maximum Gasteiger partial charge on any atom is 0.0979 e. The van der Waals surface area contributed by atoms with Crippen molar-refractivity contribution in [1.82, 2.24) is 5.32 Å². The van der Waals surface area contributed by atoms with Crippen LogP contribution in [0.2, 0.25) is 0 Å². The highest BCUT2D eigenvalue weighted by molar-refractivity contribution is 9.10. The third kappa shape index (κ3) is 3.56. The van der Waals surface area contributed by atoms with Gasteiger partial charge in [0.2, 0.25) is 0 Å². The smallest absolute Gasteiger partial charge is 0.0979 e. The zero-order valence-corrected chi connectivity index (χ0v) is 12.9. The molecule has 2 nitrogen and oxygen atoms in total. The number of rotatable bonds is 3. The number of benzene rings is 1. The topological polar surface area (TPSA) is 21.3 Å². The average molecular weight is 312 g/mol. The Balaban J connectivity index is 2.07. The Kier molecular flexibility index (Phi) is 4.82. The molecule has 1 aliphatic heterocycles. The Morgan fingerprint density at radius 1 is 1.33 bits per heavy atom. The molecule has 0 amide bonds. The van der Waals surface area contributed by atoms with Gasteiger partial charge in [0.25, 0.3) is 0 Å². The number of nitrogens with one attached hydrogen (secondary N) is 1. The summed E-state index contributed by atoms with van der Waals surface area (Å²) in [6.07, 6.45) is 1.61. The molecule has 1 aromatic rings. The van der Waals surface area contributed by atoms with Crippen LogP contribution in [0.5, 0.6) is 0 Å². The van der Waals surface area contributed by atoms with Gasteiger partial charge in [-0.05, 0) is 37.0 Å². The maximum absolute atomic E-state index is 6.26. The fourth-order valence-electron chi connectivity index (χ4n) is 2.48. The molecule has 1 aromatic carbocycles. The van der Waals surface area contributed by atoms with E-state index in [4.69, 9.17) is 4.74 Å². The Morgan fingerprint density at radius 3 is 2.61 bits per heavy atom. The first-order valence-electron chi connectivity index (χ1n) is 6.70. The van der Waals surface area contributed by atoms with Crippen molar-refractivity contribution in [2.75, 3.05) is 6.54 Å². The van der Waals surface area contributed by atoms with Crippen molar-refractivity contribution in [3.05, 3.63) is 34.3 Å². The monoisotopic (exact) mass is 311 g/mol. The zero-order valence-electron chi connectivity index (χ0n) is 11.3. The molecule has 1 aliphatic rings. The van der Waals surface area contributed by atoms with Gasteiger partial charge in [0, 0.05) is 17.1 Å². The van der Waals surface area contributed by atoms with Gasteiger partial charge in [0.15, 0.2) is 0 Å². The van der Waals surface area contributed by atoms with Gasteiger partial charge in [0.05, 0.1) is 12.2 Å². The Bertz CT molecular complexity index is 377. The van der Waals surface area contributed by atoms with Crippen LogP contribution in [0.4, 0.5) is 0 Å². The molecular weight excluding hydrogens is 290 g/mol. The summed E-state index contributed by atoms with van der Waals surface area (Å²) in [5, 5.41) is 3.56. The predicted molar refractivity (Wildman–Crippen MR) is 78.7 cm³/mol. The lowest BCUT2D eigenvalue weighted by atomic mass is 9.98. The standard InChI is InChI=1S/C15H22BrNO/c1-10(2)8-14-9-17-11(3)15(18-14)12-4-6-13(16)7-5-12/h4-7,10-11,14-15,17H,8-9H2,1-3H3. The van der Waals surface area contributed by atoms with Crippen molar-refractivity contribution in [3.8, 4) is 0 Å². The largest absolute Gasteiger partial charge is 0.367 e. The maximum atomic E-state index is 6.26. The molecule has 0 bridgehead atoms. The molecular formula is C15H22BrNO. The molecule has 3 unspecified atom stereocenters. The molecule has 1 heterocycles. The second kappa shape index (κ2) is 6.18. The van der Waals surface area contributed by atoms with Gasteiger partial charge < -0.3 is 10.1 Å². The highest BCUT2D eigenvalue weighted by atomic mass is 79.9. The first-order chi connectivity index (χ1) is 8.56. The molecule has 3 atom stereocenters. The molecule has 0 saturated carbocycles. The van der Waals surface area contributed by atoms with Gasteiger partial charge in [-0.1, -0.05) is 41.9 Å². The summed E-state index contributed by atoms with van der Waals surface area (Å²) in [7, 11) is 0. The van der Waals surface area contributed by atoms with E-state index in [-0.39, 0.29) is 6.10 Å². The van der Waals surface area contributed by atoms with E-state index in [1.807, 2.05) is 0 Å². The van der Waals surface area contributed by atoms with Crippen LogP contribution in [0.1, 0.15) is 38.9 Å². The Hall–Kier alpha value is -0.380. The molecule has 1 fully saturated rings. The van der Waals surface area contributed by atoms with Crippen LogP contribution >= 0.6 is 15.9 Å². The molecule has 100 valence electrons. The van der Waals surface area contributed by atoms with E-state index in [0.717, 1.165) is 17.4 Å². The number of hydrogen-bond acceptors (Lipinski definition) is 2. The number of morpholine rings is 1. The van der Waals surface area contributed by atoms with Crippen LogP contribution in [0.3, 0.4) is 0 Å². The Labute approximate surface area is 118 Å². The van der Waals surface area contributed by atoms with Crippen molar-refractivity contribution >= 4 is 15.9 Å². The SMILES string of the molecule is CC(C)CC1CNC(C)C(c2ccc(Br)cc2)O1. The second-order valence-electron chi connectivity index (χ2n) is 5.56. The highest BCUT2D eigenvalue weighted by Crippen LogP contribution is 2.29. The Morgan fingerprint density at radius 2 is 2.00 bits per heavy atom. The van der Waals surface area contributed by atoms with Gasteiger partial charge in [-0.15, -0.1) is 0 Å². The lowest BCUT2D eigenvalue weighted by Gasteiger charge is -2.37. The van der Waals surface area contributed by atoms with E-state index >= 15 is 0 Å². The fourth-order valence-corrected chi connectivity index (χ4v) is 2.75. The number of ether oxygens (including phenoxy) is 1. The van der Waals surface area contributed by atoms with Crippen molar-refractivity contribution in [2.45, 2.75) is 45.4 Å². The van der Waals surface area contributed by atoms with E-state index in [1.165, 1.54) is 5.56 Å². The molecule has 3 heteroatoms. The van der Waals surface area contributed by atoms with Crippen LogP contribution < -0.4 is 5.32 Å². The molecule has 0 aromatic heterocycles. The lowest BCUT2D eigenvalue weighted by molar-refractivity contribution is -0.0687. The van der Waals surface area contributed by atoms with E-state index in [0.29, 0.717) is 18.1 Å². The van der Waals surface area contributed by atoms with E-state index < -0.39 is 0 Å². The van der Waals surface area contributed by atoms with Gasteiger partial charge in [-0.25, -0.2) is 0 Å². The van der Waals surface area contributed by atoms with Crippen LogP contribution in [-0.2, 0) is 4.74 Å². The lowest BCUT2D eigenvalue weighted by Crippen LogP contribution is -2.47. The molecule has 2 rings (SSSR count). The number of halogens is 1. The fraction of sp³-hybridized carbons (Fsp3) is 0.600. The summed E-state index contributed by atoms with van der Waals surface area (Å²) in [5.74, 6) is 0.677. The summed E-state index contributed by atoms with van der Waals surface area (Å²) >= 11 is 3.47. The van der Waals surface area contributed by atoms with Crippen molar-refractivity contribution < 1.29 is 4.74 Å². The van der Waals surface area contributed by atoms with E-state index in [1.54, 1.807) is 0 Å². The summed E-state index contributed by atoms with van der Waals surface area (Å²) in [6.45, 7) is 7.65. The van der Waals surface area contributed by atoms with Crippen LogP contribution in [0.15, 0.2) is 28.7 Å². The third-order valence-corrected chi connectivity index (χ3v) is 3.92. The second-order valence-corrected chi connectivity index (χ2v) is 6.47. The minimum absolute atomic E-state index is 0.163. The summed E-state index contributed by atoms with van der Waals surface area (Å²) in [5.41, 5.74) is 1.26. The first-order valence-corrected chi connectivity index (χ1v) is 7.50. The molecule has 18 heavy (non-hydrogen) atoms. The summed E-state index contributed by atoms with van der Waals surface area (Å²) in [4.78, 5) is 0. The van der Waals surface area contributed by atoms with Gasteiger partial charge >= 0.3 is 0 Å². The molecule has 0 spiro atoms. The number of hydrogen-bond donors (Lipinski definition) is 1. The normalized spacial score (nSPS) is 28.6. The van der Waals surface area contributed by atoms with Crippen LogP contribution in [-0.4, -0.2) is 18.7 Å². The quantitative estimate of drug-likeness (QED) is 0.913. The average Bonchev–Trinajstić information content (AvgIpc) is 2.32. The van der Waals surface area contributed by atoms with Crippen LogP contribution in [0, 0.1) is 5.92 Å². The summed E-state index contributed by atoms with van der Waals surface area (Å²) < 4.78 is 7.37. The van der Waals surface area contributed by atoms with Gasteiger partial charge in [-0.2, -0.15) is 0 Å². The predicted octanol–water partition coefficient (Wildman–Crippen LogP) is 3.91. The molecule has 1 saturated heterocycles. The third-order valence-electron chi connectivity index (χ3n) is 3.39. The summed E-state index contributed by atoms with van der Waals surface area (Å²) in [6, 6.07) is 8.82. The minimum atomic E-state index is 0.163. The van der Waals surface area contributed by atoms with Crippen molar-refractivity contribution in [3.63, 3.8) is 0 Å². The highest BCUT2D eigenvalue weighted by Gasteiger charge is 2.29. The minimum Gasteiger partial charge on any atom is -0.367 e. The van der Waals surface area contributed by atoms with E-state index in [9.17, 15) is 0 Å². The molecule has 1 N–H and O–H groups in total. The zero-order chi connectivity index (χ0) is 13.1. The van der Waals surface area contributed by atoms with Crippen molar-refractivity contribution in [1.29, 1.82) is 0 Å². The van der Waals surface area contributed by atoms with Crippen LogP contribution in [0.25, 0.3) is 0 Å². The molecule has 0 aliphatic carbocycles. The molecule has 0 radical (unpaired) electrons. The van der Waals surface area contributed by atoms with E-state index in [2.05, 4.69) is 66.3 Å². The van der Waals surface area contributed by atoms with Crippen molar-refractivity contribution in [2.24, 2.45) is 5.92 Å². The first kappa shape index (κ1) is 14.0. The van der Waals surface area contributed by atoms with Gasteiger partial charge in [0.1, 0.15) is 0 Å². The van der Waals surface area contributed by atoms with Gasteiger partial charge in [-0.3, -0.25) is 0 Å².